The van der Waals surface area contributed by atoms with Crippen LogP contribution in [0.1, 0.15) is 17.4 Å². The molecule has 0 aliphatic carbocycles. The minimum Gasteiger partial charge on any atom is -0.476 e. The molecule has 1 atom stereocenters. The van der Waals surface area contributed by atoms with Crippen LogP contribution in [0.25, 0.3) is 10.9 Å². The molecule has 2 rings (SSSR count). The van der Waals surface area contributed by atoms with E-state index in [2.05, 4.69) is 5.10 Å². The van der Waals surface area contributed by atoms with Crippen LogP contribution >= 0.6 is 0 Å². The zero-order chi connectivity index (χ0) is 12.4. The van der Waals surface area contributed by atoms with E-state index in [0.717, 1.165) is 5.52 Å². The van der Waals surface area contributed by atoms with Gasteiger partial charge in [0.1, 0.15) is 0 Å². The van der Waals surface area contributed by atoms with Gasteiger partial charge in [-0.25, -0.2) is 4.79 Å². The van der Waals surface area contributed by atoms with E-state index in [1.807, 2.05) is 19.1 Å². The maximum atomic E-state index is 11.1. The van der Waals surface area contributed by atoms with E-state index < -0.39 is 5.97 Å². The van der Waals surface area contributed by atoms with Gasteiger partial charge >= 0.3 is 5.97 Å². The van der Waals surface area contributed by atoms with Crippen molar-refractivity contribution in [2.75, 3.05) is 6.61 Å². The number of nitrogens with zero attached hydrogens (tertiary/aromatic N) is 2. The van der Waals surface area contributed by atoms with E-state index in [1.165, 1.54) is 0 Å². The Kier molecular flexibility index (Phi) is 3.10. The summed E-state index contributed by atoms with van der Waals surface area (Å²) in [6.45, 7) is 2.44. The molecule has 0 saturated carbocycles. The average molecular weight is 234 g/mol. The topological polar surface area (TPSA) is 75.3 Å². The average Bonchev–Trinajstić information content (AvgIpc) is 2.68. The third kappa shape index (κ3) is 2.14. The first-order valence-corrected chi connectivity index (χ1v) is 5.43. The first-order chi connectivity index (χ1) is 8.13. The van der Waals surface area contributed by atoms with Gasteiger partial charge in [-0.15, -0.1) is 0 Å². The van der Waals surface area contributed by atoms with Crippen LogP contribution in [0.5, 0.6) is 0 Å². The van der Waals surface area contributed by atoms with Crippen LogP contribution in [0, 0.1) is 5.92 Å². The Morgan fingerprint density at radius 1 is 1.47 bits per heavy atom. The van der Waals surface area contributed by atoms with E-state index in [9.17, 15) is 4.79 Å². The summed E-state index contributed by atoms with van der Waals surface area (Å²) in [5.74, 6) is -0.989. The summed E-state index contributed by atoms with van der Waals surface area (Å²) in [5.41, 5.74) is 0.843. The standard InChI is InChI=1S/C12H14N2O3/c1-8(7-15)6-14-10-5-3-2-4-9(10)11(13-14)12(16)17/h2-5,8,15H,6-7H2,1H3,(H,16,17). The molecule has 5 nitrogen and oxygen atoms in total. The van der Waals surface area contributed by atoms with Crippen LogP contribution in [0.4, 0.5) is 0 Å². The molecule has 0 amide bonds. The van der Waals surface area contributed by atoms with Crippen molar-refractivity contribution >= 4 is 16.9 Å². The summed E-state index contributed by atoms with van der Waals surface area (Å²) in [4.78, 5) is 11.1. The number of aliphatic hydroxyl groups is 1. The highest BCUT2D eigenvalue weighted by atomic mass is 16.4. The van der Waals surface area contributed by atoms with Crippen LogP contribution in [0.15, 0.2) is 24.3 Å². The van der Waals surface area contributed by atoms with Gasteiger partial charge in [-0.05, 0) is 12.0 Å². The molecule has 0 spiro atoms. The summed E-state index contributed by atoms with van der Waals surface area (Å²) in [6, 6.07) is 7.21. The highest BCUT2D eigenvalue weighted by Crippen LogP contribution is 2.19. The Morgan fingerprint density at radius 3 is 2.82 bits per heavy atom. The Bertz CT molecular complexity index is 548. The first kappa shape index (κ1) is 11.6. The van der Waals surface area contributed by atoms with Gasteiger partial charge in [0.25, 0.3) is 0 Å². The Morgan fingerprint density at radius 2 is 2.18 bits per heavy atom. The van der Waals surface area contributed by atoms with Crippen LogP contribution in [0.2, 0.25) is 0 Å². The lowest BCUT2D eigenvalue weighted by atomic mass is 10.2. The number of benzene rings is 1. The van der Waals surface area contributed by atoms with Crippen molar-refractivity contribution in [1.29, 1.82) is 0 Å². The highest BCUT2D eigenvalue weighted by Gasteiger charge is 2.16. The molecular formula is C12H14N2O3. The number of aromatic nitrogens is 2. The first-order valence-electron chi connectivity index (χ1n) is 5.43. The molecule has 0 radical (unpaired) electrons. The van der Waals surface area contributed by atoms with Crippen LogP contribution in [0.3, 0.4) is 0 Å². The number of rotatable bonds is 4. The van der Waals surface area contributed by atoms with Gasteiger partial charge in [0, 0.05) is 18.5 Å². The van der Waals surface area contributed by atoms with Crippen LogP contribution < -0.4 is 0 Å². The fourth-order valence-electron chi connectivity index (χ4n) is 1.78. The molecule has 1 heterocycles. The van der Waals surface area contributed by atoms with Crippen molar-refractivity contribution < 1.29 is 15.0 Å². The highest BCUT2D eigenvalue weighted by molar-refractivity contribution is 6.01. The van der Waals surface area contributed by atoms with Crippen molar-refractivity contribution in [3.05, 3.63) is 30.0 Å². The Labute approximate surface area is 98.3 Å². The fourth-order valence-corrected chi connectivity index (χ4v) is 1.78. The SMILES string of the molecule is CC(CO)Cn1nc(C(=O)O)c2ccccc21. The second-order valence-corrected chi connectivity index (χ2v) is 4.14. The second-order valence-electron chi connectivity index (χ2n) is 4.14. The zero-order valence-electron chi connectivity index (χ0n) is 9.50. The maximum absolute atomic E-state index is 11.1. The number of hydrogen-bond donors (Lipinski definition) is 2. The lowest BCUT2D eigenvalue weighted by molar-refractivity contribution is 0.0691. The van der Waals surface area contributed by atoms with Crippen molar-refractivity contribution in [1.82, 2.24) is 9.78 Å². The number of carboxylic acids is 1. The molecule has 90 valence electrons. The van der Waals surface area contributed by atoms with Gasteiger partial charge in [-0.1, -0.05) is 25.1 Å². The summed E-state index contributed by atoms with van der Waals surface area (Å²) < 4.78 is 1.64. The molecular weight excluding hydrogens is 220 g/mol. The Hall–Kier alpha value is -1.88. The predicted molar refractivity (Wildman–Crippen MR) is 62.9 cm³/mol. The van der Waals surface area contributed by atoms with Crippen LogP contribution in [-0.2, 0) is 6.54 Å². The fraction of sp³-hybridized carbons (Fsp3) is 0.333. The van der Waals surface area contributed by atoms with Gasteiger partial charge in [-0.3, -0.25) is 4.68 Å². The molecule has 0 aliphatic rings. The normalized spacial score (nSPS) is 12.8. The van der Waals surface area contributed by atoms with Gasteiger partial charge < -0.3 is 10.2 Å². The van der Waals surface area contributed by atoms with E-state index >= 15 is 0 Å². The van der Waals surface area contributed by atoms with Gasteiger partial charge in [0.15, 0.2) is 5.69 Å². The molecule has 2 N–H and O–H groups in total. The molecule has 0 fully saturated rings. The molecule has 1 aromatic carbocycles. The van der Waals surface area contributed by atoms with E-state index in [1.54, 1.807) is 16.8 Å². The van der Waals surface area contributed by atoms with Gasteiger partial charge in [-0.2, -0.15) is 5.10 Å². The molecule has 2 aromatic rings. The summed E-state index contributed by atoms with van der Waals surface area (Å²) in [7, 11) is 0. The lowest BCUT2D eigenvalue weighted by Gasteiger charge is -2.08. The number of carboxylic acid groups (broad SMARTS) is 1. The molecule has 17 heavy (non-hydrogen) atoms. The number of aromatic carboxylic acids is 1. The number of hydrogen-bond acceptors (Lipinski definition) is 3. The number of fused-ring (bicyclic) bond motifs is 1. The summed E-state index contributed by atoms with van der Waals surface area (Å²) in [5, 5.41) is 22.8. The third-order valence-electron chi connectivity index (χ3n) is 2.66. The largest absolute Gasteiger partial charge is 0.476 e. The number of para-hydroxylation sites is 1. The summed E-state index contributed by atoms with van der Waals surface area (Å²) in [6.07, 6.45) is 0. The minimum atomic E-state index is -1.03. The van der Waals surface area contributed by atoms with Crippen LogP contribution in [-0.4, -0.2) is 32.6 Å². The molecule has 0 aliphatic heterocycles. The summed E-state index contributed by atoms with van der Waals surface area (Å²) >= 11 is 0. The zero-order valence-corrected chi connectivity index (χ0v) is 9.50. The smallest absolute Gasteiger partial charge is 0.357 e. The third-order valence-corrected chi connectivity index (χ3v) is 2.66. The minimum absolute atomic E-state index is 0.0416. The Balaban J connectivity index is 2.52. The van der Waals surface area contributed by atoms with E-state index in [0.29, 0.717) is 11.9 Å². The molecule has 0 bridgehead atoms. The van der Waals surface area contributed by atoms with Crippen molar-refractivity contribution in [3.8, 4) is 0 Å². The maximum Gasteiger partial charge on any atom is 0.357 e. The molecule has 1 unspecified atom stereocenters. The van der Waals surface area contributed by atoms with Gasteiger partial charge in [0.05, 0.1) is 5.52 Å². The quantitative estimate of drug-likeness (QED) is 0.837. The predicted octanol–water partition coefficient (Wildman–Crippen LogP) is 1.36. The monoisotopic (exact) mass is 234 g/mol. The van der Waals surface area contributed by atoms with Crippen molar-refractivity contribution in [2.24, 2.45) is 5.92 Å². The van der Waals surface area contributed by atoms with Crippen molar-refractivity contribution in [3.63, 3.8) is 0 Å². The second kappa shape index (κ2) is 4.55. The molecule has 0 saturated heterocycles. The molecule has 5 heteroatoms. The number of aliphatic hydroxyl groups excluding tert-OH is 1. The van der Waals surface area contributed by atoms with Crippen molar-refractivity contribution in [2.45, 2.75) is 13.5 Å². The lowest BCUT2D eigenvalue weighted by Crippen LogP contribution is -2.12. The van der Waals surface area contributed by atoms with E-state index in [-0.39, 0.29) is 18.2 Å². The number of carbonyl (C=O) groups is 1. The van der Waals surface area contributed by atoms with E-state index in [4.69, 9.17) is 10.2 Å². The van der Waals surface area contributed by atoms with Gasteiger partial charge in [0.2, 0.25) is 0 Å². The molecule has 1 aromatic heterocycles.